The Morgan fingerprint density at radius 2 is 2.07 bits per heavy atom. The number of nitrogens with two attached hydrogens (primary N) is 1. The molecule has 5 heteroatoms. The van der Waals surface area contributed by atoms with E-state index in [1.807, 2.05) is 6.92 Å². The molecule has 1 atom stereocenters. The summed E-state index contributed by atoms with van der Waals surface area (Å²) in [6, 6.07) is -0.220. The van der Waals surface area contributed by atoms with Gasteiger partial charge in [-0.2, -0.15) is 0 Å². The van der Waals surface area contributed by atoms with E-state index in [1.54, 1.807) is 6.92 Å². The van der Waals surface area contributed by atoms with E-state index in [0.29, 0.717) is 25.9 Å². The van der Waals surface area contributed by atoms with Crippen LogP contribution in [0, 0.1) is 0 Å². The van der Waals surface area contributed by atoms with Crippen LogP contribution < -0.4 is 16.4 Å². The van der Waals surface area contributed by atoms with Crippen LogP contribution in [0.15, 0.2) is 0 Å². The minimum absolute atomic E-state index is 0.0217. The lowest BCUT2D eigenvalue weighted by Gasteiger charge is -2.12. The molecule has 0 bridgehead atoms. The molecule has 82 valence electrons. The lowest BCUT2D eigenvalue weighted by atomic mass is 10.2. The third-order valence-electron chi connectivity index (χ3n) is 1.79. The molecule has 0 rings (SSSR count). The maximum atomic E-state index is 11.2. The van der Waals surface area contributed by atoms with Crippen molar-refractivity contribution in [2.75, 3.05) is 13.1 Å². The number of likely N-dealkylation sites (N-methyl/N-ethyl adjacent to an activating group) is 1. The molecular weight excluding hydrogens is 182 g/mol. The molecule has 0 aromatic heterocycles. The van der Waals surface area contributed by atoms with E-state index in [-0.39, 0.29) is 17.9 Å². The maximum Gasteiger partial charge on any atom is 0.236 e. The van der Waals surface area contributed by atoms with Gasteiger partial charge in [0.25, 0.3) is 0 Å². The van der Waals surface area contributed by atoms with Crippen molar-refractivity contribution in [1.82, 2.24) is 10.6 Å². The minimum atomic E-state index is -0.308. The first-order valence-corrected chi connectivity index (χ1v) is 4.87. The fourth-order valence-electron chi connectivity index (χ4n) is 1.00. The number of hydrogen-bond donors (Lipinski definition) is 3. The van der Waals surface area contributed by atoms with Gasteiger partial charge in [0, 0.05) is 13.0 Å². The van der Waals surface area contributed by atoms with E-state index >= 15 is 0 Å². The van der Waals surface area contributed by atoms with Crippen molar-refractivity contribution >= 4 is 11.8 Å². The second-order valence-corrected chi connectivity index (χ2v) is 3.14. The first-order chi connectivity index (χ1) is 6.57. The number of nitrogens with one attached hydrogen (secondary N) is 2. The monoisotopic (exact) mass is 201 g/mol. The van der Waals surface area contributed by atoms with Crippen LogP contribution in [0.2, 0.25) is 0 Å². The van der Waals surface area contributed by atoms with Crippen LogP contribution in [0.1, 0.15) is 26.7 Å². The van der Waals surface area contributed by atoms with E-state index in [0.717, 1.165) is 0 Å². The highest BCUT2D eigenvalue weighted by Crippen LogP contribution is 1.87. The van der Waals surface area contributed by atoms with Crippen LogP contribution in [-0.4, -0.2) is 30.9 Å². The Bertz CT molecular complexity index is 194. The van der Waals surface area contributed by atoms with Gasteiger partial charge in [0.05, 0.1) is 6.04 Å². The molecule has 0 aliphatic heterocycles. The fraction of sp³-hybridized carbons (Fsp3) is 0.778. The van der Waals surface area contributed by atoms with Gasteiger partial charge < -0.3 is 16.4 Å². The number of carbonyl (C=O) groups excluding carboxylic acids is 2. The highest BCUT2D eigenvalue weighted by Gasteiger charge is 2.09. The van der Waals surface area contributed by atoms with Gasteiger partial charge in [0.2, 0.25) is 11.8 Å². The number of carbonyl (C=O) groups is 2. The molecule has 0 radical (unpaired) electrons. The Kier molecular flexibility index (Phi) is 6.74. The molecule has 0 aromatic rings. The standard InChI is InChI=1S/C9H19N3O2/c1-3-11-9(14)7(2)12-6-4-5-8(10)13/h7,12H,3-6H2,1-2H3,(H2,10,13)(H,11,14). The molecule has 2 amide bonds. The van der Waals surface area contributed by atoms with Gasteiger partial charge in [-0.1, -0.05) is 0 Å². The van der Waals surface area contributed by atoms with Crippen molar-refractivity contribution in [3.63, 3.8) is 0 Å². The molecule has 0 aromatic carbocycles. The van der Waals surface area contributed by atoms with Crippen molar-refractivity contribution in [2.45, 2.75) is 32.7 Å². The second kappa shape index (κ2) is 7.32. The Hall–Kier alpha value is -1.10. The molecule has 1 unspecified atom stereocenters. The summed E-state index contributed by atoms with van der Waals surface area (Å²) in [7, 11) is 0. The maximum absolute atomic E-state index is 11.2. The van der Waals surface area contributed by atoms with E-state index in [4.69, 9.17) is 5.73 Å². The highest BCUT2D eigenvalue weighted by atomic mass is 16.2. The Labute approximate surface area is 84.4 Å². The van der Waals surface area contributed by atoms with E-state index in [1.165, 1.54) is 0 Å². The zero-order valence-electron chi connectivity index (χ0n) is 8.80. The lowest BCUT2D eigenvalue weighted by Crippen LogP contribution is -2.42. The van der Waals surface area contributed by atoms with Crippen molar-refractivity contribution < 1.29 is 9.59 Å². The van der Waals surface area contributed by atoms with Gasteiger partial charge in [-0.3, -0.25) is 9.59 Å². The molecule has 0 fully saturated rings. The summed E-state index contributed by atoms with van der Waals surface area (Å²) in [6.45, 7) is 4.92. The highest BCUT2D eigenvalue weighted by molar-refractivity contribution is 5.81. The van der Waals surface area contributed by atoms with Crippen molar-refractivity contribution in [3.8, 4) is 0 Å². The van der Waals surface area contributed by atoms with Crippen LogP contribution in [0.3, 0.4) is 0 Å². The van der Waals surface area contributed by atoms with Gasteiger partial charge in [-0.15, -0.1) is 0 Å². The minimum Gasteiger partial charge on any atom is -0.370 e. The summed E-state index contributed by atoms with van der Waals surface area (Å²) >= 11 is 0. The van der Waals surface area contributed by atoms with Crippen LogP contribution >= 0.6 is 0 Å². The lowest BCUT2D eigenvalue weighted by molar-refractivity contribution is -0.122. The van der Waals surface area contributed by atoms with Crippen LogP contribution in [-0.2, 0) is 9.59 Å². The smallest absolute Gasteiger partial charge is 0.236 e. The topological polar surface area (TPSA) is 84.2 Å². The quantitative estimate of drug-likeness (QED) is 0.479. The van der Waals surface area contributed by atoms with Gasteiger partial charge in [-0.25, -0.2) is 0 Å². The molecule has 14 heavy (non-hydrogen) atoms. The summed E-state index contributed by atoms with van der Waals surface area (Å²) < 4.78 is 0. The van der Waals surface area contributed by atoms with Gasteiger partial charge in [-0.05, 0) is 26.8 Å². The van der Waals surface area contributed by atoms with E-state index in [9.17, 15) is 9.59 Å². The average Bonchev–Trinajstić information content (AvgIpc) is 2.12. The third-order valence-corrected chi connectivity index (χ3v) is 1.79. The third kappa shape index (κ3) is 6.42. The normalized spacial score (nSPS) is 12.1. The molecule has 4 N–H and O–H groups in total. The summed E-state index contributed by atoms with van der Waals surface area (Å²) in [5.41, 5.74) is 4.97. The predicted octanol–water partition coefficient (Wildman–Crippen LogP) is -0.634. The number of rotatable bonds is 7. The molecule has 0 aliphatic rings. The fourth-order valence-corrected chi connectivity index (χ4v) is 1.00. The van der Waals surface area contributed by atoms with Crippen molar-refractivity contribution in [1.29, 1.82) is 0 Å². The molecule has 0 saturated carbocycles. The zero-order chi connectivity index (χ0) is 11.0. The van der Waals surface area contributed by atoms with Crippen LogP contribution in [0.25, 0.3) is 0 Å². The molecule has 0 saturated heterocycles. The Morgan fingerprint density at radius 3 is 2.57 bits per heavy atom. The largest absolute Gasteiger partial charge is 0.370 e. The van der Waals surface area contributed by atoms with Crippen molar-refractivity contribution in [2.24, 2.45) is 5.73 Å². The van der Waals surface area contributed by atoms with Crippen molar-refractivity contribution in [3.05, 3.63) is 0 Å². The SMILES string of the molecule is CCNC(=O)C(C)NCCCC(N)=O. The molecule has 5 nitrogen and oxygen atoms in total. The summed E-state index contributed by atoms with van der Waals surface area (Å²) in [6.07, 6.45) is 1.02. The van der Waals surface area contributed by atoms with Gasteiger partial charge >= 0.3 is 0 Å². The van der Waals surface area contributed by atoms with E-state index in [2.05, 4.69) is 10.6 Å². The van der Waals surface area contributed by atoms with Crippen LogP contribution in [0.4, 0.5) is 0 Å². The zero-order valence-corrected chi connectivity index (χ0v) is 8.80. The Balaban J connectivity index is 3.48. The second-order valence-electron chi connectivity index (χ2n) is 3.14. The van der Waals surface area contributed by atoms with Crippen LogP contribution in [0.5, 0.6) is 0 Å². The number of primary amides is 1. The predicted molar refractivity (Wildman–Crippen MR) is 54.6 cm³/mol. The number of hydrogen-bond acceptors (Lipinski definition) is 3. The Morgan fingerprint density at radius 1 is 1.43 bits per heavy atom. The molecule has 0 heterocycles. The van der Waals surface area contributed by atoms with Gasteiger partial charge in [0.1, 0.15) is 0 Å². The van der Waals surface area contributed by atoms with Gasteiger partial charge in [0.15, 0.2) is 0 Å². The first kappa shape index (κ1) is 12.9. The first-order valence-electron chi connectivity index (χ1n) is 4.87. The average molecular weight is 201 g/mol. The number of amides is 2. The van der Waals surface area contributed by atoms with E-state index < -0.39 is 0 Å². The molecule has 0 aliphatic carbocycles. The molecular formula is C9H19N3O2. The summed E-state index contributed by atoms with van der Waals surface area (Å²) in [5, 5.41) is 5.70. The summed E-state index contributed by atoms with van der Waals surface area (Å²) in [4.78, 5) is 21.6. The molecule has 0 spiro atoms. The summed E-state index contributed by atoms with van der Waals surface area (Å²) in [5.74, 6) is -0.330.